The van der Waals surface area contributed by atoms with Crippen molar-refractivity contribution in [2.24, 2.45) is 16.6 Å². The number of nitrogens with two attached hydrogens (primary N) is 1. The van der Waals surface area contributed by atoms with Gasteiger partial charge < -0.3 is 20.4 Å². The minimum absolute atomic E-state index is 0. The highest BCUT2D eigenvalue weighted by Gasteiger charge is 2.39. The van der Waals surface area contributed by atoms with Crippen molar-refractivity contribution in [1.29, 1.82) is 0 Å². The molecule has 2 aliphatic heterocycles. The largest absolute Gasteiger partial charge is 0.370 e. The van der Waals surface area contributed by atoms with E-state index in [4.69, 9.17) is 5.73 Å². The number of halogens is 1. The number of carbonyl (C=O) groups is 1. The molecule has 1 amide bonds. The molecule has 4 rings (SSSR count). The molecule has 3 aliphatic rings. The van der Waals surface area contributed by atoms with Gasteiger partial charge in [-0.15, -0.1) is 35.3 Å². The van der Waals surface area contributed by atoms with Crippen molar-refractivity contribution in [3.63, 3.8) is 0 Å². The van der Waals surface area contributed by atoms with Crippen LogP contribution in [0.3, 0.4) is 0 Å². The van der Waals surface area contributed by atoms with Gasteiger partial charge in [-0.1, -0.05) is 0 Å². The highest BCUT2D eigenvalue weighted by molar-refractivity contribution is 14.0. The molecule has 0 aromatic carbocycles. The Hall–Kier alpha value is -1.10. The summed E-state index contributed by atoms with van der Waals surface area (Å²) < 4.78 is 0. The third kappa shape index (κ3) is 4.36. The molecule has 138 valence electrons. The maximum absolute atomic E-state index is 12.0. The van der Waals surface area contributed by atoms with E-state index in [1.54, 1.807) is 11.3 Å². The van der Waals surface area contributed by atoms with Crippen molar-refractivity contribution in [2.45, 2.75) is 25.3 Å². The first-order valence-corrected chi connectivity index (χ1v) is 9.57. The SMILES string of the molecule is I.NC(=NCC1CC(=O)N(C2CC2)C1)N1CCN(c2nccs2)CC1. The summed E-state index contributed by atoms with van der Waals surface area (Å²) in [6.45, 7) is 5.09. The lowest BCUT2D eigenvalue weighted by atomic mass is 10.1. The first kappa shape index (κ1) is 18.7. The predicted molar refractivity (Wildman–Crippen MR) is 111 cm³/mol. The number of hydrogen-bond donors (Lipinski definition) is 1. The van der Waals surface area contributed by atoms with Crippen LogP contribution in [0.4, 0.5) is 5.13 Å². The van der Waals surface area contributed by atoms with Crippen molar-refractivity contribution in [2.75, 3.05) is 44.2 Å². The third-order valence-corrected chi connectivity index (χ3v) is 5.86. The van der Waals surface area contributed by atoms with Crippen molar-refractivity contribution < 1.29 is 4.79 Å². The molecule has 0 bridgehead atoms. The van der Waals surface area contributed by atoms with Gasteiger partial charge in [0.05, 0.1) is 0 Å². The number of thiazole rings is 1. The van der Waals surface area contributed by atoms with E-state index in [2.05, 4.69) is 19.8 Å². The fourth-order valence-corrected chi connectivity index (χ4v) is 4.19. The Morgan fingerprint density at radius 1 is 1.32 bits per heavy atom. The maximum Gasteiger partial charge on any atom is 0.223 e. The second-order valence-corrected chi connectivity index (χ2v) is 7.71. The quantitative estimate of drug-likeness (QED) is 0.402. The summed E-state index contributed by atoms with van der Waals surface area (Å²) in [6, 6.07) is 0.516. The van der Waals surface area contributed by atoms with Crippen LogP contribution < -0.4 is 10.6 Å². The zero-order chi connectivity index (χ0) is 16.5. The van der Waals surface area contributed by atoms with Gasteiger partial charge in [-0.3, -0.25) is 9.79 Å². The minimum atomic E-state index is 0. The van der Waals surface area contributed by atoms with E-state index in [1.165, 1.54) is 12.8 Å². The van der Waals surface area contributed by atoms with Gasteiger partial charge in [0.1, 0.15) is 0 Å². The fourth-order valence-electron chi connectivity index (χ4n) is 3.49. The summed E-state index contributed by atoms with van der Waals surface area (Å²) in [7, 11) is 0. The number of nitrogens with zero attached hydrogens (tertiary/aromatic N) is 5. The molecular weight excluding hydrogens is 451 g/mol. The highest BCUT2D eigenvalue weighted by atomic mass is 127. The lowest BCUT2D eigenvalue weighted by Gasteiger charge is -2.35. The van der Waals surface area contributed by atoms with Crippen LogP contribution in [-0.4, -0.2) is 72.0 Å². The van der Waals surface area contributed by atoms with E-state index < -0.39 is 0 Å². The van der Waals surface area contributed by atoms with Crippen LogP contribution in [0.1, 0.15) is 19.3 Å². The first-order chi connectivity index (χ1) is 11.7. The van der Waals surface area contributed by atoms with Crippen molar-refractivity contribution in [3.8, 4) is 0 Å². The van der Waals surface area contributed by atoms with E-state index in [0.29, 0.717) is 36.8 Å². The number of hydrogen-bond acceptors (Lipinski definition) is 5. The van der Waals surface area contributed by atoms with E-state index >= 15 is 0 Å². The molecule has 1 unspecified atom stereocenters. The van der Waals surface area contributed by atoms with Crippen LogP contribution in [0.2, 0.25) is 0 Å². The van der Waals surface area contributed by atoms with Gasteiger partial charge in [0.15, 0.2) is 11.1 Å². The molecule has 1 aliphatic carbocycles. The molecule has 2 saturated heterocycles. The Labute approximate surface area is 169 Å². The number of aromatic nitrogens is 1. The number of rotatable bonds is 4. The number of piperazine rings is 1. The van der Waals surface area contributed by atoms with E-state index in [0.717, 1.165) is 37.9 Å². The average Bonchev–Trinajstić information content (AvgIpc) is 3.15. The van der Waals surface area contributed by atoms with Crippen molar-refractivity contribution >= 4 is 52.3 Å². The lowest BCUT2D eigenvalue weighted by Crippen LogP contribution is -2.51. The van der Waals surface area contributed by atoms with E-state index in [1.807, 2.05) is 16.5 Å². The third-order valence-electron chi connectivity index (χ3n) is 5.03. The average molecular weight is 476 g/mol. The molecule has 0 spiro atoms. The van der Waals surface area contributed by atoms with Crippen LogP contribution in [0.25, 0.3) is 0 Å². The Morgan fingerprint density at radius 3 is 2.72 bits per heavy atom. The smallest absolute Gasteiger partial charge is 0.223 e. The number of carbonyl (C=O) groups excluding carboxylic acids is 1. The zero-order valence-electron chi connectivity index (χ0n) is 14.2. The highest BCUT2D eigenvalue weighted by Crippen LogP contribution is 2.32. The number of anilines is 1. The molecular formula is C16H25IN6OS. The molecule has 9 heteroatoms. The topological polar surface area (TPSA) is 78.1 Å². The summed E-state index contributed by atoms with van der Waals surface area (Å²) in [6.07, 6.45) is 4.82. The molecule has 25 heavy (non-hydrogen) atoms. The molecule has 0 radical (unpaired) electrons. The molecule has 3 fully saturated rings. The zero-order valence-corrected chi connectivity index (χ0v) is 17.4. The molecule has 1 atom stereocenters. The van der Waals surface area contributed by atoms with E-state index in [-0.39, 0.29) is 24.0 Å². The Bertz CT molecular complexity index is 612. The second kappa shape index (κ2) is 8.07. The van der Waals surface area contributed by atoms with Gasteiger partial charge >= 0.3 is 0 Å². The normalized spacial score (nSPS) is 24.6. The first-order valence-electron chi connectivity index (χ1n) is 8.69. The fraction of sp³-hybridized carbons (Fsp3) is 0.688. The molecule has 3 heterocycles. The molecule has 2 N–H and O–H groups in total. The summed E-state index contributed by atoms with van der Waals surface area (Å²) in [5, 5.41) is 3.08. The Kier molecular flexibility index (Phi) is 6.03. The van der Waals surface area contributed by atoms with Gasteiger partial charge in [-0.2, -0.15) is 0 Å². The van der Waals surface area contributed by atoms with Crippen LogP contribution in [0.15, 0.2) is 16.6 Å². The monoisotopic (exact) mass is 476 g/mol. The standard InChI is InChI=1S/C16H24N6OS.HI/c17-15(19-10-12-9-14(23)22(11-12)13-1-2-13)20-4-6-21(7-5-20)16-18-3-8-24-16;/h3,8,12-13H,1-2,4-7,9-11H2,(H2,17,19);1H. The predicted octanol–water partition coefficient (Wildman–Crippen LogP) is 1.21. The van der Waals surface area contributed by atoms with E-state index in [9.17, 15) is 4.79 Å². The minimum Gasteiger partial charge on any atom is -0.370 e. The van der Waals surface area contributed by atoms with Gasteiger partial charge in [0, 0.05) is 69.2 Å². The molecule has 7 nitrogen and oxygen atoms in total. The molecule has 1 aromatic heterocycles. The van der Waals surface area contributed by atoms with Crippen LogP contribution in [0.5, 0.6) is 0 Å². The van der Waals surface area contributed by atoms with Crippen LogP contribution in [-0.2, 0) is 4.79 Å². The summed E-state index contributed by atoms with van der Waals surface area (Å²) in [5.41, 5.74) is 6.18. The summed E-state index contributed by atoms with van der Waals surface area (Å²) in [4.78, 5) is 27.4. The molecule has 1 aromatic rings. The Morgan fingerprint density at radius 2 is 2.08 bits per heavy atom. The Balaban J connectivity index is 0.00000182. The number of guanidine groups is 1. The van der Waals surface area contributed by atoms with Gasteiger partial charge in [0.25, 0.3) is 0 Å². The van der Waals surface area contributed by atoms with Gasteiger partial charge in [0.2, 0.25) is 5.91 Å². The lowest BCUT2D eigenvalue weighted by molar-refractivity contribution is -0.128. The van der Waals surface area contributed by atoms with Gasteiger partial charge in [-0.25, -0.2) is 4.98 Å². The second-order valence-electron chi connectivity index (χ2n) is 6.84. The number of aliphatic imine (C=N–C) groups is 1. The summed E-state index contributed by atoms with van der Waals surface area (Å²) >= 11 is 1.67. The van der Waals surface area contributed by atoms with Gasteiger partial charge in [-0.05, 0) is 12.8 Å². The summed E-state index contributed by atoms with van der Waals surface area (Å²) in [5.74, 6) is 1.24. The van der Waals surface area contributed by atoms with Crippen LogP contribution in [0, 0.1) is 5.92 Å². The number of amides is 1. The van der Waals surface area contributed by atoms with Crippen molar-refractivity contribution in [3.05, 3.63) is 11.6 Å². The maximum atomic E-state index is 12.0. The van der Waals surface area contributed by atoms with Crippen LogP contribution >= 0.6 is 35.3 Å². The van der Waals surface area contributed by atoms with Crippen molar-refractivity contribution in [1.82, 2.24) is 14.8 Å². The molecule has 1 saturated carbocycles. The number of likely N-dealkylation sites (tertiary alicyclic amines) is 1.